The van der Waals surface area contributed by atoms with Gasteiger partial charge in [0.25, 0.3) is 0 Å². The Kier molecular flexibility index (Phi) is 3.63. The van der Waals surface area contributed by atoms with Crippen molar-refractivity contribution in [2.45, 2.75) is 6.04 Å². The van der Waals surface area contributed by atoms with E-state index < -0.39 is 10.0 Å². The minimum absolute atomic E-state index is 0.335. The van der Waals surface area contributed by atoms with E-state index in [0.29, 0.717) is 0 Å². The molecule has 0 spiro atoms. The van der Waals surface area contributed by atoms with Crippen molar-refractivity contribution < 1.29 is 8.42 Å². The third-order valence-electron chi connectivity index (χ3n) is 3.51. The zero-order valence-corrected chi connectivity index (χ0v) is 13.8. The molecule has 0 bridgehead atoms. The Morgan fingerprint density at radius 1 is 1.00 bits per heavy atom. The lowest BCUT2D eigenvalue weighted by atomic mass is 9.92. The van der Waals surface area contributed by atoms with Crippen LogP contribution in [0.15, 0.2) is 60.8 Å². The van der Waals surface area contributed by atoms with E-state index in [4.69, 9.17) is 0 Å². The molecule has 5 heteroatoms. The number of fused-ring (bicyclic) bond motifs is 1. The van der Waals surface area contributed by atoms with Crippen molar-refractivity contribution in [3.05, 3.63) is 77.5 Å². The number of hydrogen-bond donors (Lipinski definition) is 0. The molecule has 0 saturated carbocycles. The second kappa shape index (κ2) is 5.31. The molecule has 1 heterocycles. The summed E-state index contributed by atoms with van der Waals surface area (Å²) in [7, 11) is -3.37. The number of halogens is 1. The van der Waals surface area contributed by atoms with Gasteiger partial charge in [-0.25, -0.2) is 8.42 Å². The predicted octanol–water partition coefficient (Wildman–Crippen LogP) is 3.74. The van der Waals surface area contributed by atoms with Gasteiger partial charge in [-0.1, -0.05) is 54.6 Å². The Morgan fingerprint density at radius 2 is 1.62 bits per heavy atom. The molecule has 0 saturated heterocycles. The summed E-state index contributed by atoms with van der Waals surface area (Å²) in [4.78, 5) is 0. The monoisotopic (exact) mass is 363 g/mol. The zero-order chi connectivity index (χ0) is 15.0. The van der Waals surface area contributed by atoms with Gasteiger partial charge in [-0.15, -0.1) is 0 Å². The fourth-order valence-corrected chi connectivity index (χ4v) is 4.23. The SMILES string of the molecule is CS(=O)(=O)N1C=C(Br)c2ccccc2C1c1ccccc1. The van der Waals surface area contributed by atoms with Gasteiger partial charge in [0.1, 0.15) is 0 Å². The molecule has 1 aliphatic rings. The summed E-state index contributed by atoms with van der Waals surface area (Å²) >= 11 is 3.47. The number of rotatable bonds is 2. The fraction of sp³-hybridized carbons (Fsp3) is 0.125. The predicted molar refractivity (Wildman–Crippen MR) is 88.3 cm³/mol. The third kappa shape index (κ3) is 2.63. The van der Waals surface area contributed by atoms with E-state index >= 15 is 0 Å². The first-order valence-electron chi connectivity index (χ1n) is 6.48. The topological polar surface area (TPSA) is 37.4 Å². The van der Waals surface area contributed by atoms with E-state index in [1.807, 2.05) is 54.6 Å². The van der Waals surface area contributed by atoms with Gasteiger partial charge in [0.05, 0.1) is 12.3 Å². The van der Waals surface area contributed by atoms with Crippen molar-refractivity contribution in [1.29, 1.82) is 0 Å². The summed E-state index contributed by atoms with van der Waals surface area (Å²) in [5, 5.41) is 0. The molecule has 0 amide bonds. The molecule has 2 aromatic rings. The van der Waals surface area contributed by atoms with E-state index in [1.165, 1.54) is 10.6 Å². The van der Waals surface area contributed by atoms with Crippen LogP contribution in [0.2, 0.25) is 0 Å². The highest BCUT2D eigenvalue weighted by Gasteiger charge is 2.32. The Balaban J connectivity index is 2.26. The highest BCUT2D eigenvalue weighted by Crippen LogP contribution is 2.41. The Hall–Kier alpha value is -1.59. The van der Waals surface area contributed by atoms with Crippen LogP contribution in [0.3, 0.4) is 0 Å². The second-order valence-corrected chi connectivity index (χ2v) is 7.71. The minimum atomic E-state index is -3.37. The van der Waals surface area contributed by atoms with Crippen LogP contribution in [0.25, 0.3) is 4.48 Å². The number of hydrogen-bond acceptors (Lipinski definition) is 2. The van der Waals surface area contributed by atoms with Crippen molar-refractivity contribution in [2.75, 3.05) is 6.26 Å². The molecule has 0 aliphatic carbocycles. The molecule has 108 valence electrons. The van der Waals surface area contributed by atoms with Gasteiger partial charge >= 0.3 is 0 Å². The van der Waals surface area contributed by atoms with Crippen LogP contribution in [0, 0.1) is 0 Å². The van der Waals surface area contributed by atoms with Crippen LogP contribution in [-0.4, -0.2) is 19.0 Å². The standard InChI is InChI=1S/C16H14BrNO2S/c1-21(19,20)18-11-15(17)13-9-5-6-10-14(13)16(18)12-7-3-2-4-8-12/h2-11,16H,1H3. The van der Waals surface area contributed by atoms with Crippen LogP contribution in [0.4, 0.5) is 0 Å². The maximum Gasteiger partial charge on any atom is 0.232 e. The first-order valence-corrected chi connectivity index (χ1v) is 9.12. The van der Waals surface area contributed by atoms with Gasteiger partial charge in [0, 0.05) is 10.7 Å². The fourth-order valence-electron chi connectivity index (χ4n) is 2.59. The largest absolute Gasteiger partial charge is 0.264 e. The molecular weight excluding hydrogens is 350 g/mol. The van der Waals surface area contributed by atoms with Crippen LogP contribution in [-0.2, 0) is 10.0 Å². The van der Waals surface area contributed by atoms with E-state index in [0.717, 1.165) is 21.2 Å². The first kappa shape index (κ1) is 14.4. The normalized spacial score (nSPS) is 18.1. The maximum absolute atomic E-state index is 12.2. The summed E-state index contributed by atoms with van der Waals surface area (Å²) in [6, 6.07) is 17.2. The van der Waals surface area contributed by atoms with Crippen LogP contribution < -0.4 is 0 Å². The van der Waals surface area contributed by atoms with Crippen molar-refractivity contribution in [1.82, 2.24) is 4.31 Å². The molecule has 1 aliphatic heterocycles. The second-order valence-electron chi connectivity index (χ2n) is 4.97. The summed E-state index contributed by atoms with van der Waals surface area (Å²) in [6.07, 6.45) is 2.88. The maximum atomic E-state index is 12.2. The molecule has 2 aromatic carbocycles. The summed E-state index contributed by atoms with van der Waals surface area (Å²) in [6.45, 7) is 0. The lowest BCUT2D eigenvalue weighted by molar-refractivity contribution is 0.451. The van der Waals surface area contributed by atoms with Crippen molar-refractivity contribution >= 4 is 30.4 Å². The average Bonchev–Trinajstić information content (AvgIpc) is 2.47. The summed E-state index contributed by atoms with van der Waals surface area (Å²) in [5.74, 6) is 0. The van der Waals surface area contributed by atoms with Crippen LogP contribution in [0.5, 0.6) is 0 Å². The summed E-state index contributed by atoms with van der Waals surface area (Å²) < 4.78 is 26.6. The molecule has 0 radical (unpaired) electrons. The molecule has 3 nitrogen and oxygen atoms in total. The van der Waals surface area contributed by atoms with E-state index in [-0.39, 0.29) is 6.04 Å². The number of nitrogens with zero attached hydrogens (tertiary/aromatic N) is 1. The molecule has 0 N–H and O–H groups in total. The quantitative estimate of drug-likeness (QED) is 0.814. The van der Waals surface area contributed by atoms with Gasteiger partial charge in [-0.2, -0.15) is 0 Å². The summed E-state index contributed by atoms with van der Waals surface area (Å²) in [5.41, 5.74) is 2.95. The van der Waals surface area contributed by atoms with Gasteiger partial charge in [0.15, 0.2) is 0 Å². The van der Waals surface area contributed by atoms with Crippen molar-refractivity contribution in [2.24, 2.45) is 0 Å². The molecule has 0 aromatic heterocycles. The van der Waals surface area contributed by atoms with Crippen LogP contribution >= 0.6 is 15.9 Å². The molecule has 21 heavy (non-hydrogen) atoms. The van der Waals surface area contributed by atoms with E-state index in [2.05, 4.69) is 15.9 Å². The average molecular weight is 364 g/mol. The van der Waals surface area contributed by atoms with Gasteiger partial charge in [-0.3, -0.25) is 4.31 Å². The Morgan fingerprint density at radius 3 is 2.29 bits per heavy atom. The van der Waals surface area contributed by atoms with Gasteiger partial charge in [-0.05, 0) is 32.6 Å². The van der Waals surface area contributed by atoms with Crippen molar-refractivity contribution in [3.8, 4) is 0 Å². The molecule has 3 rings (SSSR count). The molecule has 0 fully saturated rings. The molecule has 1 unspecified atom stereocenters. The first-order chi connectivity index (χ1) is 9.98. The highest BCUT2D eigenvalue weighted by atomic mass is 79.9. The zero-order valence-electron chi connectivity index (χ0n) is 11.4. The lowest BCUT2D eigenvalue weighted by Gasteiger charge is -2.34. The molecular formula is C16H14BrNO2S. The van der Waals surface area contributed by atoms with Gasteiger partial charge in [0.2, 0.25) is 10.0 Å². The smallest absolute Gasteiger partial charge is 0.232 e. The van der Waals surface area contributed by atoms with Crippen molar-refractivity contribution in [3.63, 3.8) is 0 Å². The lowest BCUT2D eigenvalue weighted by Crippen LogP contribution is -2.33. The van der Waals surface area contributed by atoms with E-state index in [1.54, 1.807) is 6.20 Å². The van der Waals surface area contributed by atoms with Gasteiger partial charge < -0.3 is 0 Å². The highest BCUT2D eigenvalue weighted by molar-refractivity contribution is 9.15. The molecule has 1 atom stereocenters. The van der Waals surface area contributed by atoms with E-state index in [9.17, 15) is 8.42 Å². The van der Waals surface area contributed by atoms with Crippen LogP contribution in [0.1, 0.15) is 22.7 Å². The Labute approximate surface area is 133 Å². The minimum Gasteiger partial charge on any atom is -0.264 e. The number of benzene rings is 2. The third-order valence-corrected chi connectivity index (χ3v) is 5.22. The number of sulfonamides is 1. The Bertz CT molecular complexity index is 800.